The zero-order chi connectivity index (χ0) is 22.2. The van der Waals surface area contributed by atoms with Gasteiger partial charge in [-0.05, 0) is 37.1 Å². The van der Waals surface area contributed by atoms with Crippen LogP contribution in [0.5, 0.6) is 0 Å². The second-order valence-corrected chi connectivity index (χ2v) is 6.92. The molecule has 0 spiro atoms. The summed E-state index contributed by atoms with van der Waals surface area (Å²) in [6, 6.07) is 6.42. The van der Waals surface area contributed by atoms with Crippen LogP contribution in [0.2, 0.25) is 5.02 Å². The molecule has 0 aliphatic heterocycles. The first kappa shape index (κ1) is 22.3. The van der Waals surface area contributed by atoms with Gasteiger partial charge in [-0.3, -0.25) is 4.79 Å². The Balaban J connectivity index is 1.73. The zero-order valence-corrected chi connectivity index (χ0v) is 17.3. The first-order valence-corrected chi connectivity index (χ1v) is 9.88. The molecule has 0 saturated heterocycles. The Bertz CT molecular complexity index is 1100. The highest BCUT2D eigenvalue weighted by atomic mass is 35.5. The predicted octanol–water partition coefficient (Wildman–Crippen LogP) is 2.42. The molecule has 3 rings (SSSR count). The lowest BCUT2D eigenvalue weighted by atomic mass is 10.1. The molecule has 162 valence electrons. The molecular formula is C21H21ClN4O5. The number of amides is 1. The maximum absolute atomic E-state index is 12.5. The molecule has 3 aromatic rings. The monoisotopic (exact) mass is 444 g/mol. The third kappa shape index (κ3) is 5.59. The van der Waals surface area contributed by atoms with Crippen LogP contribution in [-0.2, 0) is 16.1 Å². The fourth-order valence-corrected chi connectivity index (χ4v) is 3.04. The van der Waals surface area contributed by atoms with E-state index in [2.05, 4.69) is 15.3 Å². The van der Waals surface area contributed by atoms with Crippen molar-refractivity contribution in [1.82, 2.24) is 15.3 Å². The summed E-state index contributed by atoms with van der Waals surface area (Å²) in [7, 11) is 0. The Morgan fingerprint density at radius 1 is 1.23 bits per heavy atom. The quantitative estimate of drug-likeness (QED) is 0.259. The average Bonchev–Trinajstić information content (AvgIpc) is 3.18. The molecule has 0 saturated carbocycles. The van der Waals surface area contributed by atoms with Gasteiger partial charge in [0.2, 0.25) is 0 Å². The number of aliphatic hydroxyl groups excluding tert-OH is 1. The number of nitrogens with two attached hydrogens (primary N) is 1. The molecule has 0 unspecified atom stereocenters. The van der Waals surface area contributed by atoms with Gasteiger partial charge >= 0.3 is 5.97 Å². The van der Waals surface area contributed by atoms with Crippen molar-refractivity contribution >= 4 is 40.0 Å². The van der Waals surface area contributed by atoms with Crippen molar-refractivity contribution in [2.45, 2.75) is 19.4 Å². The fraction of sp³-hybridized carbons (Fsp3) is 0.238. The number of unbranched alkanes of at least 4 members (excludes halogenated alkanes) is 1. The van der Waals surface area contributed by atoms with Gasteiger partial charge < -0.3 is 25.3 Å². The van der Waals surface area contributed by atoms with Crippen LogP contribution < -0.4 is 11.1 Å². The number of hydrogen-bond acceptors (Lipinski definition) is 8. The largest absolute Gasteiger partial charge is 0.462 e. The smallest absolute Gasteiger partial charge is 0.342 e. The molecule has 1 amide bonds. The Morgan fingerprint density at radius 3 is 2.71 bits per heavy atom. The summed E-state index contributed by atoms with van der Waals surface area (Å²) in [5, 5.41) is 12.4. The van der Waals surface area contributed by atoms with Gasteiger partial charge in [-0.25, -0.2) is 14.8 Å². The molecule has 1 aromatic carbocycles. The van der Waals surface area contributed by atoms with E-state index in [-0.39, 0.29) is 36.7 Å². The number of ether oxygens (including phenoxy) is 1. The number of benzene rings is 1. The SMILES string of the molecule is N/C=C(/C(=O)NCc1cc2cc(Cl)cc(C(=O)OCCCCO)c2o1)c1ncccn1. The molecule has 0 aliphatic rings. The van der Waals surface area contributed by atoms with Gasteiger partial charge in [-0.2, -0.15) is 0 Å². The molecule has 0 aliphatic carbocycles. The number of esters is 1. The molecule has 0 bridgehead atoms. The van der Waals surface area contributed by atoms with Crippen molar-refractivity contribution < 1.29 is 23.8 Å². The van der Waals surface area contributed by atoms with Crippen molar-refractivity contribution in [2.24, 2.45) is 5.73 Å². The number of aromatic nitrogens is 2. The summed E-state index contributed by atoms with van der Waals surface area (Å²) in [5.74, 6) is -0.448. The van der Waals surface area contributed by atoms with E-state index in [9.17, 15) is 9.59 Å². The molecule has 0 atom stereocenters. The van der Waals surface area contributed by atoms with Crippen LogP contribution in [0.15, 0.2) is 47.3 Å². The fourth-order valence-electron chi connectivity index (χ4n) is 2.82. The lowest BCUT2D eigenvalue weighted by Crippen LogP contribution is -2.25. The second kappa shape index (κ2) is 10.6. The van der Waals surface area contributed by atoms with E-state index in [0.29, 0.717) is 34.6 Å². The van der Waals surface area contributed by atoms with Gasteiger partial charge in [0.1, 0.15) is 16.9 Å². The number of hydrogen-bond donors (Lipinski definition) is 3. The number of carbonyl (C=O) groups is 2. The van der Waals surface area contributed by atoms with E-state index in [1.54, 1.807) is 18.2 Å². The normalized spacial score (nSPS) is 11.5. The van der Waals surface area contributed by atoms with Crippen molar-refractivity contribution in [1.29, 1.82) is 0 Å². The zero-order valence-electron chi connectivity index (χ0n) is 16.5. The van der Waals surface area contributed by atoms with Crippen molar-refractivity contribution in [3.05, 3.63) is 65.0 Å². The number of aliphatic hydroxyl groups is 1. The third-order valence-electron chi connectivity index (χ3n) is 4.28. The summed E-state index contributed by atoms with van der Waals surface area (Å²) in [6.07, 6.45) is 5.23. The first-order valence-electron chi connectivity index (χ1n) is 9.51. The molecule has 31 heavy (non-hydrogen) atoms. The number of halogens is 1. The van der Waals surface area contributed by atoms with Gasteiger partial charge in [0, 0.05) is 35.6 Å². The van der Waals surface area contributed by atoms with Crippen LogP contribution in [-0.4, -0.2) is 40.2 Å². The summed E-state index contributed by atoms with van der Waals surface area (Å²) in [4.78, 5) is 32.9. The van der Waals surface area contributed by atoms with Crippen molar-refractivity contribution in [3.63, 3.8) is 0 Å². The van der Waals surface area contributed by atoms with E-state index in [1.165, 1.54) is 18.5 Å². The number of furan rings is 1. The van der Waals surface area contributed by atoms with Gasteiger partial charge in [-0.1, -0.05) is 11.6 Å². The Labute approximate surface area is 182 Å². The maximum atomic E-state index is 12.5. The van der Waals surface area contributed by atoms with E-state index in [0.717, 1.165) is 6.20 Å². The van der Waals surface area contributed by atoms with Crippen LogP contribution in [0.3, 0.4) is 0 Å². The minimum atomic E-state index is -0.579. The van der Waals surface area contributed by atoms with Crippen molar-refractivity contribution in [2.75, 3.05) is 13.2 Å². The summed E-state index contributed by atoms with van der Waals surface area (Å²) in [6.45, 7) is 0.247. The Kier molecular flexibility index (Phi) is 7.58. The third-order valence-corrected chi connectivity index (χ3v) is 4.50. The number of rotatable bonds is 9. The van der Waals surface area contributed by atoms with Crippen LogP contribution >= 0.6 is 11.6 Å². The predicted molar refractivity (Wildman–Crippen MR) is 114 cm³/mol. The molecule has 0 fully saturated rings. The summed E-state index contributed by atoms with van der Waals surface area (Å²) < 4.78 is 11.0. The molecule has 9 nitrogen and oxygen atoms in total. The molecule has 0 radical (unpaired) electrons. The van der Waals surface area contributed by atoms with Crippen LogP contribution in [0, 0.1) is 0 Å². The van der Waals surface area contributed by atoms with E-state index < -0.39 is 11.9 Å². The minimum absolute atomic E-state index is 0.0314. The van der Waals surface area contributed by atoms with E-state index in [1.807, 2.05) is 0 Å². The highest BCUT2D eigenvalue weighted by Gasteiger charge is 2.19. The molecule has 4 N–H and O–H groups in total. The number of carbonyl (C=O) groups excluding carboxylic acids is 2. The van der Waals surface area contributed by atoms with Crippen LogP contribution in [0.4, 0.5) is 0 Å². The topological polar surface area (TPSA) is 141 Å². The summed E-state index contributed by atoms with van der Waals surface area (Å²) >= 11 is 6.13. The number of nitrogens with zero attached hydrogens (tertiary/aromatic N) is 2. The molecule has 2 heterocycles. The lowest BCUT2D eigenvalue weighted by molar-refractivity contribution is -0.115. The van der Waals surface area contributed by atoms with Gasteiger partial charge in [0.25, 0.3) is 5.91 Å². The Hall–Kier alpha value is -3.43. The molecular weight excluding hydrogens is 424 g/mol. The van der Waals surface area contributed by atoms with E-state index >= 15 is 0 Å². The van der Waals surface area contributed by atoms with Crippen LogP contribution in [0.1, 0.15) is 34.8 Å². The average molecular weight is 445 g/mol. The highest BCUT2D eigenvalue weighted by molar-refractivity contribution is 6.32. The number of fused-ring (bicyclic) bond motifs is 1. The number of nitrogens with one attached hydrogen (secondary N) is 1. The van der Waals surface area contributed by atoms with Gasteiger partial charge in [0.05, 0.1) is 18.7 Å². The lowest BCUT2D eigenvalue weighted by Gasteiger charge is -2.06. The standard InChI is InChI=1S/C21H21ClN4O5/c22-14-8-13-9-15(12-26-20(28)17(11-23)19-24-4-3-5-25-19)31-18(13)16(10-14)21(29)30-7-2-1-6-27/h3-5,8-11,27H,1-2,6-7,12,23H2,(H,26,28)/b17-11+. The van der Waals surface area contributed by atoms with Gasteiger partial charge in [0.15, 0.2) is 5.82 Å². The first-order chi connectivity index (χ1) is 15.0. The van der Waals surface area contributed by atoms with Crippen LogP contribution in [0.25, 0.3) is 16.5 Å². The van der Waals surface area contributed by atoms with E-state index in [4.69, 9.17) is 31.6 Å². The molecule has 10 heteroatoms. The second-order valence-electron chi connectivity index (χ2n) is 6.49. The Morgan fingerprint density at radius 2 is 2.00 bits per heavy atom. The minimum Gasteiger partial charge on any atom is -0.462 e. The maximum Gasteiger partial charge on any atom is 0.342 e. The highest BCUT2D eigenvalue weighted by Crippen LogP contribution is 2.28. The van der Waals surface area contributed by atoms with Crippen molar-refractivity contribution in [3.8, 4) is 0 Å². The summed E-state index contributed by atoms with van der Waals surface area (Å²) in [5.41, 5.74) is 6.17. The molecule has 2 aromatic heterocycles. The van der Waals surface area contributed by atoms with Gasteiger partial charge in [-0.15, -0.1) is 0 Å².